The maximum Gasteiger partial charge on any atom is 0.340 e. The zero-order valence-corrected chi connectivity index (χ0v) is 11.0. The largest absolute Gasteiger partial charge is 0.461 e. The van der Waals surface area contributed by atoms with E-state index in [-0.39, 0.29) is 18.3 Å². The highest BCUT2D eigenvalue weighted by Crippen LogP contribution is 2.24. The minimum atomic E-state index is -1.78. The SMILES string of the molecule is CC(=O)C[C@@](O)(C(=O)OC(C)C)[C@@H](C)Br. The molecule has 0 aromatic carbocycles. The second-order valence-electron chi connectivity index (χ2n) is 3.87. The summed E-state index contributed by atoms with van der Waals surface area (Å²) in [5.74, 6) is -1.03. The average molecular weight is 281 g/mol. The minimum absolute atomic E-state index is 0.245. The van der Waals surface area contributed by atoms with E-state index in [1.165, 1.54) is 6.92 Å². The zero-order chi connectivity index (χ0) is 12.2. The molecule has 0 heterocycles. The lowest BCUT2D eigenvalue weighted by Crippen LogP contribution is -2.48. The number of hydrogen-bond acceptors (Lipinski definition) is 4. The molecule has 0 spiro atoms. The van der Waals surface area contributed by atoms with Crippen LogP contribution in [0.1, 0.15) is 34.1 Å². The van der Waals surface area contributed by atoms with Crippen LogP contribution >= 0.6 is 15.9 Å². The average Bonchev–Trinajstić information content (AvgIpc) is 2.00. The van der Waals surface area contributed by atoms with Crippen LogP contribution in [0, 0.1) is 0 Å². The number of halogens is 1. The fraction of sp³-hybridized carbons (Fsp3) is 0.800. The van der Waals surface area contributed by atoms with Crippen molar-refractivity contribution in [1.29, 1.82) is 0 Å². The molecule has 4 nitrogen and oxygen atoms in total. The van der Waals surface area contributed by atoms with Gasteiger partial charge in [-0.25, -0.2) is 4.79 Å². The van der Waals surface area contributed by atoms with Crippen molar-refractivity contribution in [2.45, 2.75) is 50.6 Å². The van der Waals surface area contributed by atoms with Crippen molar-refractivity contribution in [3.05, 3.63) is 0 Å². The van der Waals surface area contributed by atoms with Crippen LogP contribution in [-0.4, -0.2) is 33.4 Å². The lowest BCUT2D eigenvalue weighted by molar-refractivity contribution is -0.171. The normalized spacial score (nSPS) is 17.0. The number of hydrogen-bond donors (Lipinski definition) is 1. The van der Waals surface area contributed by atoms with Crippen LogP contribution in [0.15, 0.2) is 0 Å². The molecule has 0 radical (unpaired) electrons. The van der Waals surface area contributed by atoms with Crippen molar-refractivity contribution < 1.29 is 19.4 Å². The molecule has 1 N–H and O–H groups in total. The van der Waals surface area contributed by atoms with Crippen molar-refractivity contribution in [3.63, 3.8) is 0 Å². The van der Waals surface area contributed by atoms with Crippen molar-refractivity contribution in [2.24, 2.45) is 0 Å². The molecule has 0 aliphatic heterocycles. The first kappa shape index (κ1) is 14.6. The minimum Gasteiger partial charge on any atom is -0.461 e. The van der Waals surface area contributed by atoms with Crippen molar-refractivity contribution in [1.82, 2.24) is 0 Å². The first-order chi connectivity index (χ1) is 6.70. The molecule has 0 saturated carbocycles. The van der Waals surface area contributed by atoms with E-state index in [9.17, 15) is 14.7 Å². The van der Waals surface area contributed by atoms with Crippen LogP contribution in [0.5, 0.6) is 0 Å². The number of Topliss-reactive ketones (excluding diaryl/α,β-unsaturated/α-hetero) is 1. The summed E-state index contributed by atoms with van der Waals surface area (Å²) in [6.45, 7) is 6.30. The van der Waals surface area contributed by atoms with E-state index in [2.05, 4.69) is 15.9 Å². The highest BCUT2D eigenvalue weighted by Gasteiger charge is 2.43. The number of ketones is 1. The van der Waals surface area contributed by atoms with Gasteiger partial charge in [-0.2, -0.15) is 0 Å². The Labute approximate surface area is 98.1 Å². The lowest BCUT2D eigenvalue weighted by Gasteiger charge is -2.28. The Morgan fingerprint density at radius 2 is 1.87 bits per heavy atom. The fourth-order valence-electron chi connectivity index (χ4n) is 1.07. The molecule has 2 atom stereocenters. The van der Waals surface area contributed by atoms with Gasteiger partial charge in [0.15, 0.2) is 5.60 Å². The molecule has 0 bridgehead atoms. The van der Waals surface area contributed by atoms with Gasteiger partial charge in [0.25, 0.3) is 0 Å². The summed E-state index contributed by atoms with van der Waals surface area (Å²) in [4.78, 5) is 22.0. The van der Waals surface area contributed by atoms with Gasteiger partial charge < -0.3 is 9.84 Å². The molecule has 0 rings (SSSR count). The van der Waals surface area contributed by atoms with Gasteiger partial charge in [0, 0.05) is 6.42 Å². The van der Waals surface area contributed by atoms with E-state index < -0.39 is 16.4 Å². The monoisotopic (exact) mass is 280 g/mol. The van der Waals surface area contributed by atoms with Gasteiger partial charge in [-0.15, -0.1) is 0 Å². The summed E-state index contributed by atoms with van der Waals surface area (Å²) < 4.78 is 4.91. The molecule has 0 aliphatic carbocycles. The summed E-state index contributed by atoms with van der Waals surface area (Å²) in [6, 6.07) is 0. The van der Waals surface area contributed by atoms with Gasteiger partial charge in [0.2, 0.25) is 0 Å². The molecule has 0 amide bonds. The number of esters is 1. The number of alkyl halides is 1. The molecule has 0 saturated heterocycles. The van der Waals surface area contributed by atoms with E-state index in [1.54, 1.807) is 20.8 Å². The van der Waals surface area contributed by atoms with Crippen LogP contribution in [0.4, 0.5) is 0 Å². The molecule has 88 valence electrons. The third-order valence-electron chi connectivity index (χ3n) is 1.87. The van der Waals surface area contributed by atoms with Gasteiger partial charge in [0.1, 0.15) is 5.78 Å². The Balaban J connectivity index is 4.78. The Hall–Kier alpha value is -0.420. The van der Waals surface area contributed by atoms with Crippen molar-refractivity contribution in [2.75, 3.05) is 0 Å². The lowest BCUT2D eigenvalue weighted by atomic mass is 9.94. The molecule has 0 aromatic rings. The first-order valence-corrected chi connectivity index (χ1v) is 5.68. The van der Waals surface area contributed by atoms with E-state index >= 15 is 0 Å². The topological polar surface area (TPSA) is 63.6 Å². The van der Waals surface area contributed by atoms with E-state index in [0.717, 1.165) is 0 Å². The van der Waals surface area contributed by atoms with Gasteiger partial charge in [0.05, 0.1) is 10.9 Å². The van der Waals surface area contributed by atoms with Gasteiger partial charge in [-0.3, -0.25) is 4.79 Å². The summed E-state index contributed by atoms with van der Waals surface area (Å²) >= 11 is 3.11. The van der Waals surface area contributed by atoms with Crippen LogP contribution in [-0.2, 0) is 14.3 Å². The standard InChI is InChI=1S/C10H17BrO4/c1-6(2)15-9(13)10(14,8(4)11)5-7(3)12/h6,8,14H,5H2,1-4H3/t8-,10+/m1/s1. The number of aliphatic hydroxyl groups is 1. The van der Waals surface area contributed by atoms with E-state index in [1.807, 2.05) is 0 Å². The number of carbonyl (C=O) groups excluding carboxylic acids is 2. The molecular formula is C10H17BrO4. The van der Waals surface area contributed by atoms with Crippen LogP contribution in [0.2, 0.25) is 0 Å². The summed E-state index contributed by atoms with van der Waals surface area (Å²) in [6.07, 6.45) is -0.562. The molecule has 0 fully saturated rings. The highest BCUT2D eigenvalue weighted by molar-refractivity contribution is 9.09. The molecular weight excluding hydrogens is 264 g/mol. The van der Waals surface area contributed by atoms with Crippen LogP contribution in [0.25, 0.3) is 0 Å². The Kier molecular flexibility index (Phi) is 5.45. The second-order valence-corrected chi connectivity index (χ2v) is 5.25. The molecule has 0 unspecified atom stereocenters. The highest BCUT2D eigenvalue weighted by atomic mass is 79.9. The number of ether oxygens (including phenoxy) is 1. The Morgan fingerprint density at radius 3 is 2.13 bits per heavy atom. The summed E-state index contributed by atoms with van der Waals surface area (Å²) in [5.41, 5.74) is -1.78. The number of rotatable bonds is 5. The third kappa shape index (κ3) is 4.30. The fourth-order valence-corrected chi connectivity index (χ4v) is 1.42. The quantitative estimate of drug-likeness (QED) is 0.611. The van der Waals surface area contributed by atoms with Gasteiger partial charge >= 0.3 is 5.97 Å². The summed E-state index contributed by atoms with van der Waals surface area (Å²) in [7, 11) is 0. The first-order valence-electron chi connectivity index (χ1n) is 4.77. The maximum atomic E-state index is 11.6. The molecule has 0 aromatic heterocycles. The Bertz CT molecular complexity index is 250. The van der Waals surface area contributed by atoms with E-state index in [0.29, 0.717) is 0 Å². The third-order valence-corrected chi connectivity index (χ3v) is 2.63. The van der Waals surface area contributed by atoms with Crippen molar-refractivity contribution in [3.8, 4) is 0 Å². The number of carbonyl (C=O) groups is 2. The molecule has 0 aliphatic rings. The van der Waals surface area contributed by atoms with E-state index in [4.69, 9.17) is 4.74 Å². The second kappa shape index (κ2) is 5.61. The van der Waals surface area contributed by atoms with Gasteiger partial charge in [-0.05, 0) is 27.7 Å². The smallest absolute Gasteiger partial charge is 0.340 e. The predicted molar refractivity (Wildman–Crippen MR) is 59.9 cm³/mol. The zero-order valence-electron chi connectivity index (χ0n) is 9.41. The van der Waals surface area contributed by atoms with Gasteiger partial charge in [-0.1, -0.05) is 15.9 Å². The summed E-state index contributed by atoms with van der Waals surface area (Å²) in [5, 5.41) is 10.0. The molecule has 15 heavy (non-hydrogen) atoms. The van der Waals surface area contributed by atoms with Crippen LogP contribution < -0.4 is 0 Å². The Morgan fingerprint density at radius 1 is 1.40 bits per heavy atom. The van der Waals surface area contributed by atoms with Crippen molar-refractivity contribution >= 4 is 27.7 Å². The maximum absolute atomic E-state index is 11.6. The predicted octanol–water partition coefficient (Wildman–Crippen LogP) is 1.43. The molecule has 5 heteroatoms. The van der Waals surface area contributed by atoms with Crippen LogP contribution in [0.3, 0.4) is 0 Å².